The number of rotatable bonds is 22. The SMILES string of the molecule is COc1cc(OC)c(C=CC(c2ccc(OC)c(NC(=O)C[n+]3ccccc3)c2)S(=O)(=O)C(C=Cc2c(OC)cc(OC)cc2OC)c2ccc(OC)c(NC(=O)C[n+]3ccccc3)c2)c(OC)c1. The van der Waals surface area contributed by atoms with E-state index in [4.69, 9.17) is 37.9 Å². The fraction of sp³-hybridized carbons (Fsp3) is 0.231. The van der Waals surface area contributed by atoms with Crippen molar-refractivity contribution in [3.8, 4) is 46.0 Å². The molecule has 17 heteroatoms. The standard InChI is InChI=1S/C52H54N4O12S/c1-61-37-29-45(65-5)39(46(30-37)66-6)17-21-49(35-15-19-43(63-3)41(27-35)53-51(57)33-55-23-11-9-12-24-55)69(59,60)50(22-18-40-47(67-7)31-38(62-2)32-48(40)68-8)36-16-20-44(64-4)42(28-36)54-52(58)34-56-25-13-10-14-26-56/h9-32,49-50H,33-34H2,1-8H3/p+2. The van der Waals surface area contributed by atoms with Crippen LogP contribution in [0.5, 0.6) is 46.0 Å². The number of methoxy groups -OCH3 is 8. The lowest BCUT2D eigenvalue weighted by Crippen LogP contribution is -2.39. The van der Waals surface area contributed by atoms with Crippen molar-refractivity contribution in [1.82, 2.24) is 0 Å². The molecule has 2 aromatic heterocycles. The Morgan fingerprint density at radius 1 is 0.478 bits per heavy atom. The molecule has 2 N–H and O–H groups in total. The maximum Gasteiger partial charge on any atom is 0.290 e. The number of nitrogens with one attached hydrogen (secondary N) is 2. The predicted octanol–water partition coefficient (Wildman–Crippen LogP) is 7.23. The molecule has 0 saturated heterocycles. The van der Waals surface area contributed by atoms with Crippen molar-refractivity contribution >= 4 is 45.2 Å². The molecule has 0 radical (unpaired) electrons. The number of hydrogen-bond acceptors (Lipinski definition) is 12. The molecule has 6 aromatic rings. The fourth-order valence-corrected chi connectivity index (χ4v) is 9.49. The topological polar surface area (TPSA) is 174 Å². The molecule has 69 heavy (non-hydrogen) atoms. The van der Waals surface area contributed by atoms with Crippen LogP contribution in [0, 0.1) is 0 Å². The number of hydrogen-bond donors (Lipinski definition) is 2. The molecule has 2 unspecified atom stereocenters. The summed E-state index contributed by atoms with van der Waals surface area (Å²) in [4.78, 5) is 27.0. The molecule has 360 valence electrons. The fourth-order valence-electron chi connectivity index (χ4n) is 7.53. The van der Waals surface area contributed by atoms with Crippen LogP contribution in [0.25, 0.3) is 12.2 Å². The Hall–Kier alpha value is -8.05. The third-order valence-corrected chi connectivity index (χ3v) is 13.2. The molecule has 0 fully saturated rings. The van der Waals surface area contributed by atoms with Crippen LogP contribution in [-0.4, -0.2) is 77.1 Å². The van der Waals surface area contributed by atoms with Gasteiger partial charge in [-0.05, 0) is 47.5 Å². The number of ether oxygens (including phenoxy) is 8. The number of benzene rings is 4. The third-order valence-electron chi connectivity index (χ3n) is 10.9. The maximum atomic E-state index is 16.0. The van der Waals surface area contributed by atoms with Gasteiger partial charge in [0, 0.05) is 48.5 Å². The van der Waals surface area contributed by atoms with Gasteiger partial charge in [-0.3, -0.25) is 9.59 Å². The Bertz CT molecular complexity index is 2670. The van der Waals surface area contributed by atoms with E-state index in [2.05, 4.69) is 10.6 Å². The van der Waals surface area contributed by atoms with Crippen LogP contribution in [0.4, 0.5) is 11.4 Å². The van der Waals surface area contributed by atoms with Gasteiger partial charge in [-0.25, -0.2) is 8.42 Å². The van der Waals surface area contributed by atoms with Crippen LogP contribution in [0.3, 0.4) is 0 Å². The van der Waals surface area contributed by atoms with Gasteiger partial charge in [0.25, 0.3) is 11.8 Å². The minimum atomic E-state index is -4.54. The van der Waals surface area contributed by atoms with Gasteiger partial charge in [-0.15, -0.1) is 0 Å². The van der Waals surface area contributed by atoms with E-state index < -0.39 is 20.3 Å². The molecule has 4 aromatic carbocycles. The van der Waals surface area contributed by atoms with E-state index >= 15 is 8.42 Å². The molecule has 0 bridgehead atoms. The van der Waals surface area contributed by atoms with Crippen molar-refractivity contribution in [2.75, 3.05) is 67.5 Å². The van der Waals surface area contributed by atoms with Crippen LogP contribution in [0.15, 0.2) is 134 Å². The molecule has 2 amide bonds. The molecule has 16 nitrogen and oxygen atoms in total. The lowest BCUT2D eigenvalue weighted by atomic mass is 10.1. The normalized spacial score (nSPS) is 12.2. The van der Waals surface area contributed by atoms with Crippen molar-refractivity contribution in [2.24, 2.45) is 0 Å². The summed E-state index contributed by atoms with van der Waals surface area (Å²) in [5, 5.41) is 2.91. The molecule has 2 heterocycles. The second kappa shape index (κ2) is 23.6. The highest BCUT2D eigenvalue weighted by Gasteiger charge is 2.35. The quantitative estimate of drug-likeness (QED) is 0.0655. The number of carbonyl (C=O) groups is 2. The average Bonchev–Trinajstić information content (AvgIpc) is 3.36. The molecular formula is C52H56N4O12S+2. The zero-order valence-corrected chi connectivity index (χ0v) is 40.4. The predicted molar refractivity (Wildman–Crippen MR) is 261 cm³/mol. The van der Waals surface area contributed by atoms with Gasteiger partial charge in [0.15, 0.2) is 34.6 Å². The van der Waals surface area contributed by atoms with Crippen molar-refractivity contribution in [3.05, 3.63) is 156 Å². The van der Waals surface area contributed by atoms with Gasteiger partial charge in [-0.2, -0.15) is 9.13 Å². The largest absolute Gasteiger partial charge is 0.496 e. The Kier molecular flexibility index (Phi) is 17.2. The van der Waals surface area contributed by atoms with E-state index in [0.29, 0.717) is 57.1 Å². The number of carbonyl (C=O) groups excluding carboxylic acids is 2. The van der Waals surface area contributed by atoms with Gasteiger partial charge < -0.3 is 48.5 Å². The molecule has 2 atom stereocenters. The summed E-state index contributed by atoms with van der Waals surface area (Å²) in [6.07, 6.45) is 13.3. The first kappa shape index (κ1) is 50.4. The second-order valence-corrected chi connectivity index (χ2v) is 17.3. The third kappa shape index (κ3) is 12.3. The zero-order chi connectivity index (χ0) is 49.5. The highest BCUT2D eigenvalue weighted by Crippen LogP contribution is 2.44. The summed E-state index contributed by atoms with van der Waals surface area (Å²) in [5.74, 6) is 2.11. The molecular weight excluding hydrogens is 905 g/mol. The second-order valence-electron chi connectivity index (χ2n) is 15.2. The number of aromatic nitrogens is 2. The van der Waals surface area contributed by atoms with Crippen LogP contribution in [0.2, 0.25) is 0 Å². The summed E-state index contributed by atoms with van der Waals surface area (Å²) in [7, 11) is 7.30. The lowest BCUT2D eigenvalue weighted by Gasteiger charge is -2.24. The van der Waals surface area contributed by atoms with Gasteiger partial charge in [0.2, 0.25) is 13.1 Å². The van der Waals surface area contributed by atoms with E-state index in [-0.39, 0.29) is 47.4 Å². The van der Waals surface area contributed by atoms with Crippen molar-refractivity contribution < 1.29 is 65.0 Å². The number of amides is 2. The Morgan fingerprint density at radius 3 is 1.12 bits per heavy atom. The highest BCUT2D eigenvalue weighted by molar-refractivity contribution is 7.92. The minimum absolute atomic E-state index is 0.0293. The van der Waals surface area contributed by atoms with E-state index in [1.165, 1.54) is 69.0 Å². The summed E-state index contributed by atoms with van der Waals surface area (Å²) < 4.78 is 80.8. The Labute approximate surface area is 402 Å². The van der Waals surface area contributed by atoms with Crippen LogP contribution >= 0.6 is 0 Å². The van der Waals surface area contributed by atoms with Gasteiger partial charge in [-0.1, -0.05) is 36.4 Å². The minimum Gasteiger partial charge on any atom is -0.496 e. The first-order valence-corrected chi connectivity index (χ1v) is 23.0. The molecule has 6 rings (SSSR count). The van der Waals surface area contributed by atoms with Crippen molar-refractivity contribution in [2.45, 2.75) is 23.6 Å². The Morgan fingerprint density at radius 2 is 0.812 bits per heavy atom. The molecule has 0 aliphatic carbocycles. The molecule has 0 saturated carbocycles. The summed E-state index contributed by atoms with van der Waals surface area (Å²) in [6, 6.07) is 27.1. The zero-order valence-electron chi connectivity index (χ0n) is 39.6. The monoisotopic (exact) mass is 960 g/mol. The Balaban J connectivity index is 1.57. The van der Waals surface area contributed by atoms with E-state index in [1.54, 1.807) is 131 Å². The van der Waals surface area contributed by atoms with E-state index in [9.17, 15) is 9.59 Å². The first-order chi connectivity index (χ1) is 33.4. The number of sulfone groups is 1. The maximum absolute atomic E-state index is 16.0. The van der Waals surface area contributed by atoms with Crippen molar-refractivity contribution in [3.63, 3.8) is 0 Å². The van der Waals surface area contributed by atoms with Crippen LogP contribution in [0.1, 0.15) is 32.8 Å². The highest BCUT2D eigenvalue weighted by atomic mass is 32.2. The van der Waals surface area contributed by atoms with Gasteiger partial charge >= 0.3 is 0 Å². The summed E-state index contributed by atoms with van der Waals surface area (Å²) in [5.41, 5.74) is 1.84. The van der Waals surface area contributed by atoms with Gasteiger partial charge in [0.05, 0.1) is 79.4 Å². The smallest absolute Gasteiger partial charge is 0.290 e. The number of anilines is 2. The summed E-state index contributed by atoms with van der Waals surface area (Å²) >= 11 is 0. The van der Waals surface area contributed by atoms with Crippen molar-refractivity contribution in [1.29, 1.82) is 0 Å². The van der Waals surface area contributed by atoms with Gasteiger partial charge in [0.1, 0.15) is 56.5 Å². The lowest BCUT2D eigenvalue weighted by molar-refractivity contribution is -0.684. The summed E-state index contributed by atoms with van der Waals surface area (Å²) in [6.45, 7) is -0.0586. The first-order valence-electron chi connectivity index (χ1n) is 21.4. The molecule has 0 spiro atoms. The average molecular weight is 961 g/mol. The molecule has 0 aliphatic rings. The number of pyridine rings is 2. The molecule has 0 aliphatic heterocycles. The van der Waals surface area contributed by atoms with Crippen LogP contribution in [-0.2, 0) is 32.5 Å². The van der Waals surface area contributed by atoms with E-state index in [1.807, 2.05) is 12.1 Å². The van der Waals surface area contributed by atoms with Crippen LogP contribution < -0.4 is 57.7 Å². The van der Waals surface area contributed by atoms with E-state index in [0.717, 1.165) is 0 Å². The number of nitrogens with zero attached hydrogens (tertiary/aromatic N) is 2.